The number of ether oxygens (including phenoxy) is 1. The van der Waals surface area contributed by atoms with Gasteiger partial charge in [0.2, 0.25) is 0 Å². The van der Waals surface area contributed by atoms with E-state index in [1.54, 1.807) is 4.90 Å². The van der Waals surface area contributed by atoms with Gasteiger partial charge in [0.25, 0.3) is 0 Å². The molecular weight excluding hydrogens is 272 g/mol. The summed E-state index contributed by atoms with van der Waals surface area (Å²) in [5.41, 5.74) is 6.86. The van der Waals surface area contributed by atoms with Crippen molar-refractivity contribution in [1.29, 1.82) is 0 Å². The summed E-state index contributed by atoms with van der Waals surface area (Å²) in [6.45, 7) is 8.45. The van der Waals surface area contributed by atoms with E-state index in [0.717, 1.165) is 12.8 Å². The van der Waals surface area contributed by atoms with Crippen molar-refractivity contribution in [1.82, 2.24) is 4.90 Å². The van der Waals surface area contributed by atoms with E-state index in [0.29, 0.717) is 19.5 Å². The molecule has 1 amide bonds. The van der Waals surface area contributed by atoms with Crippen molar-refractivity contribution in [3.63, 3.8) is 0 Å². The van der Waals surface area contributed by atoms with Gasteiger partial charge in [0, 0.05) is 23.9 Å². The van der Waals surface area contributed by atoms with Gasteiger partial charge in [-0.1, -0.05) is 12.0 Å². The van der Waals surface area contributed by atoms with Crippen LogP contribution in [-0.2, 0) is 4.74 Å². The summed E-state index contributed by atoms with van der Waals surface area (Å²) in [6, 6.07) is 0. The van der Waals surface area contributed by atoms with Crippen LogP contribution in [-0.4, -0.2) is 46.9 Å². The van der Waals surface area contributed by atoms with E-state index < -0.39 is 11.2 Å². The van der Waals surface area contributed by atoms with Gasteiger partial charge in [-0.05, 0) is 45.6 Å². The highest BCUT2D eigenvalue weighted by Gasteiger charge is 2.39. The molecule has 2 atom stereocenters. The fraction of sp³-hybridized carbons (Fsp3) is 0.929. The number of aliphatic hydroxyl groups is 1. The highest BCUT2D eigenvalue weighted by atomic mass is 16.6. The molecule has 7 nitrogen and oxygen atoms in total. The SMILES string of the molecule is CC[C@@](O)(CN=[N+]=[N-])[C@@H]1CCCN(C(=O)OC(C)(C)C)C1. The summed E-state index contributed by atoms with van der Waals surface area (Å²) < 4.78 is 5.38. The van der Waals surface area contributed by atoms with Crippen molar-refractivity contribution in [2.24, 2.45) is 11.0 Å². The van der Waals surface area contributed by atoms with Crippen molar-refractivity contribution >= 4 is 6.09 Å². The molecule has 0 aromatic heterocycles. The van der Waals surface area contributed by atoms with Gasteiger partial charge >= 0.3 is 6.09 Å². The third kappa shape index (κ3) is 5.10. The molecule has 1 saturated heterocycles. The Kier molecular flexibility index (Phi) is 5.87. The lowest BCUT2D eigenvalue weighted by molar-refractivity contribution is -0.0478. The van der Waals surface area contributed by atoms with Crippen LogP contribution in [0.1, 0.15) is 47.0 Å². The Labute approximate surface area is 125 Å². The maximum atomic E-state index is 12.1. The maximum absolute atomic E-state index is 12.1. The largest absolute Gasteiger partial charge is 0.444 e. The average Bonchev–Trinajstić information content (AvgIpc) is 2.43. The summed E-state index contributed by atoms with van der Waals surface area (Å²) in [4.78, 5) is 16.5. The molecule has 0 radical (unpaired) electrons. The fourth-order valence-electron chi connectivity index (χ4n) is 2.59. The van der Waals surface area contributed by atoms with E-state index in [9.17, 15) is 9.90 Å². The molecule has 21 heavy (non-hydrogen) atoms. The second kappa shape index (κ2) is 7.00. The fourth-order valence-corrected chi connectivity index (χ4v) is 2.59. The first-order chi connectivity index (χ1) is 9.72. The molecule has 1 fully saturated rings. The number of rotatable bonds is 4. The minimum Gasteiger partial charge on any atom is -0.444 e. The van der Waals surface area contributed by atoms with Crippen LogP contribution in [0, 0.1) is 5.92 Å². The molecule has 0 bridgehead atoms. The van der Waals surface area contributed by atoms with Crippen molar-refractivity contribution in [3.05, 3.63) is 10.4 Å². The van der Waals surface area contributed by atoms with Crippen LogP contribution >= 0.6 is 0 Å². The third-order valence-electron chi connectivity index (χ3n) is 3.85. The molecule has 0 aromatic carbocycles. The number of carbonyl (C=O) groups excluding carboxylic acids is 1. The first-order valence-corrected chi connectivity index (χ1v) is 7.43. The monoisotopic (exact) mass is 298 g/mol. The van der Waals surface area contributed by atoms with Gasteiger partial charge in [-0.15, -0.1) is 0 Å². The number of likely N-dealkylation sites (tertiary alicyclic amines) is 1. The van der Waals surface area contributed by atoms with E-state index in [2.05, 4.69) is 10.0 Å². The van der Waals surface area contributed by atoms with Crippen LogP contribution in [0.3, 0.4) is 0 Å². The van der Waals surface area contributed by atoms with Gasteiger partial charge in [0.05, 0.1) is 12.1 Å². The maximum Gasteiger partial charge on any atom is 0.410 e. The number of piperidine rings is 1. The average molecular weight is 298 g/mol. The molecule has 0 saturated carbocycles. The van der Waals surface area contributed by atoms with Crippen LogP contribution in [0.25, 0.3) is 10.4 Å². The number of azide groups is 1. The Bertz CT molecular complexity index is 415. The molecule has 0 unspecified atom stereocenters. The second-order valence-corrected chi connectivity index (χ2v) is 6.61. The summed E-state index contributed by atoms with van der Waals surface area (Å²) in [5.74, 6) is -0.103. The van der Waals surface area contributed by atoms with E-state index in [1.807, 2.05) is 27.7 Å². The molecule has 1 rings (SSSR count). The zero-order chi connectivity index (χ0) is 16.1. The predicted octanol–water partition coefficient (Wildman–Crippen LogP) is 3.08. The Hall–Kier alpha value is -1.46. The lowest BCUT2D eigenvalue weighted by atomic mass is 9.80. The van der Waals surface area contributed by atoms with E-state index in [4.69, 9.17) is 10.3 Å². The summed E-state index contributed by atoms with van der Waals surface area (Å²) >= 11 is 0. The zero-order valence-electron chi connectivity index (χ0n) is 13.4. The lowest BCUT2D eigenvalue weighted by Gasteiger charge is -2.41. The molecule has 0 aliphatic carbocycles. The molecule has 7 heteroatoms. The molecular formula is C14H26N4O3. The van der Waals surface area contributed by atoms with Crippen LogP contribution in [0.5, 0.6) is 0 Å². The van der Waals surface area contributed by atoms with Crippen molar-refractivity contribution < 1.29 is 14.6 Å². The van der Waals surface area contributed by atoms with Crippen molar-refractivity contribution in [2.45, 2.75) is 58.2 Å². The smallest absolute Gasteiger partial charge is 0.410 e. The van der Waals surface area contributed by atoms with E-state index >= 15 is 0 Å². The van der Waals surface area contributed by atoms with Gasteiger partial charge < -0.3 is 14.7 Å². The number of nitrogens with zero attached hydrogens (tertiary/aromatic N) is 4. The van der Waals surface area contributed by atoms with Crippen molar-refractivity contribution in [2.75, 3.05) is 19.6 Å². The van der Waals surface area contributed by atoms with Crippen LogP contribution in [0.4, 0.5) is 4.79 Å². The lowest BCUT2D eigenvalue weighted by Crippen LogP contribution is -2.51. The summed E-state index contributed by atoms with van der Waals surface area (Å²) in [7, 11) is 0. The predicted molar refractivity (Wildman–Crippen MR) is 79.8 cm³/mol. The number of hydrogen-bond acceptors (Lipinski definition) is 4. The third-order valence-corrected chi connectivity index (χ3v) is 3.85. The van der Waals surface area contributed by atoms with Crippen LogP contribution < -0.4 is 0 Å². The minimum atomic E-state index is -1.06. The Balaban J connectivity index is 2.74. The molecule has 1 N–H and O–H groups in total. The highest BCUT2D eigenvalue weighted by Crippen LogP contribution is 2.31. The van der Waals surface area contributed by atoms with Crippen molar-refractivity contribution in [3.8, 4) is 0 Å². The van der Waals surface area contributed by atoms with Crippen LogP contribution in [0.2, 0.25) is 0 Å². The first-order valence-electron chi connectivity index (χ1n) is 7.43. The number of amides is 1. The van der Waals surface area contributed by atoms with Gasteiger partial charge in [0.15, 0.2) is 0 Å². The number of carbonyl (C=O) groups is 1. The molecule has 1 aliphatic heterocycles. The Morgan fingerprint density at radius 3 is 2.71 bits per heavy atom. The van der Waals surface area contributed by atoms with E-state index in [1.165, 1.54) is 0 Å². The van der Waals surface area contributed by atoms with E-state index in [-0.39, 0.29) is 18.6 Å². The standard InChI is InChI=1S/C14H26N4O3/c1-5-14(20,10-16-17-15)11-7-6-8-18(9-11)12(19)21-13(2,3)4/h11,20H,5-10H2,1-4H3/t11-,14-/m1/s1. The minimum absolute atomic E-state index is 0.0345. The van der Waals surface area contributed by atoms with Crippen LogP contribution in [0.15, 0.2) is 5.11 Å². The Morgan fingerprint density at radius 2 is 2.19 bits per heavy atom. The molecule has 0 aromatic rings. The molecule has 1 heterocycles. The molecule has 1 aliphatic rings. The van der Waals surface area contributed by atoms with Gasteiger partial charge in [-0.25, -0.2) is 4.79 Å². The first kappa shape index (κ1) is 17.6. The zero-order valence-corrected chi connectivity index (χ0v) is 13.4. The Morgan fingerprint density at radius 1 is 1.52 bits per heavy atom. The quantitative estimate of drug-likeness (QED) is 0.490. The summed E-state index contributed by atoms with van der Waals surface area (Å²) in [6.07, 6.45) is 1.75. The van der Waals surface area contributed by atoms with Gasteiger partial charge in [-0.3, -0.25) is 0 Å². The number of hydrogen-bond donors (Lipinski definition) is 1. The topological polar surface area (TPSA) is 98.5 Å². The molecule has 120 valence electrons. The normalized spacial score (nSPS) is 22.1. The summed E-state index contributed by atoms with van der Waals surface area (Å²) in [5, 5.41) is 14.2. The highest BCUT2D eigenvalue weighted by molar-refractivity contribution is 5.68. The molecule has 0 spiro atoms. The second-order valence-electron chi connectivity index (χ2n) is 6.61. The van der Waals surface area contributed by atoms with Gasteiger partial charge in [-0.2, -0.15) is 0 Å². The van der Waals surface area contributed by atoms with Gasteiger partial charge in [0.1, 0.15) is 5.60 Å².